The lowest BCUT2D eigenvalue weighted by Crippen LogP contribution is -2.27. The predicted molar refractivity (Wildman–Crippen MR) is 100 cm³/mol. The van der Waals surface area contributed by atoms with Gasteiger partial charge < -0.3 is 5.32 Å². The first-order valence-corrected chi connectivity index (χ1v) is 10.7. The molecule has 1 aromatic heterocycles. The van der Waals surface area contributed by atoms with E-state index >= 15 is 0 Å². The van der Waals surface area contributed by atoms with Crippen molar-refractivity contribution in [2.45, 2.75) is 38.1 Å². The monoisotopic (exact) mass is 374 g/mol. The summed E-state index contributed by atoms with van der Waals surface area (Å²) in [5, 5.41) is 7.31. The number of hydrogen-bond acceptors (Lipinski definition) is 4. The minimum Gasteiger partial charge on any atom is -0.307 e. The summed E-state index contributed by atoms with van der Waals surface area (Å²) in [6.07, 6.45) is 8.09. The van der Waals surface area contributed by atoms with Gasteiger partial charge >= 0.3 is 0 Å². The fourth-order valence-electron chi connectivity index (χ4n) is 3.90. The third kappa shape index (κ3) is 3.09. The molecule has 26 heavy (non-hydrogen) atoms. The van der Waals surface area contributed by atoms with Gasteiger partial charge in [0.25, 0.3) is 5.91 Å². The molecule has 7 nitrogen and oxygen atoms in total. The van der Waals surface area contributed by atoms with Gasteiger partial charge in [0, 0.05) is 18.2 Å². The maximum absolute atomic E-state index is 12.7. The van der Waals surface area contributed by atoms with E-state index in [1.54, 1.807) is 24.4 Å². The first-order chi connectivity index (χ1) is 12.4. The summed E-state index contributed by atoms with van der Waals surface area (Å²) in [4.78, 5) is 12.7. The Hall–Kier alpha value is -2.35. The zero-order valence-corrected chi connectivity index (χ0v) is 15.5. The molecule has 1 amide bonds. The van der Waals surface area contributed by atoms with Gasteiger partial charge in [0.1, 0.15) is 5.82 Å². The number of aromatic nitrogens is 2. The molecule has 1 saturated carbocycles. The summed E-state index contributed by atoms with van der Waals surface area (Å²) < 4.78 is 26.9. The number of nitrogens with zero attached hydrogens (tertiary/aromatic N) is 3. The zero-order chi connectivity index (χ0) is 18.3. The fourth-order valence-corrected chi connectivity index (χ4v) is 4.86. The number of carbonyl (C=O) groups is 1. The first-order valence-electron chi connectivity index (χ1n) is 8.89. The standard InChI is InChI=1S/C18H22N4O3S/c1-26(24,25)21-11-9-13-12-14(6-7-16(13)21)18(23)20-17-8-10-19-22(17)15-4-2-3-5-15/h6-8,10,12,15H,2-5,9,11H2,1H3,(H,20,23). The van der Waals surface area contributed by atoms with Crippen LogP contribution in [0.15, 0.2) is 30.5 Å². The quantitative estimate of drug-likeness (QED) is 0.891. The molecule has 1 fully saturated rings. The molecule has 1 aromatic carbocycles. The number of benzene rings is 1. The lowest BCUT2D eigenvalue weighted by molar-refractivity contribution is 0.102. The molecule has 2 aromatic rings. The maximum atomic E-state index is 12.7. The first kappa shape index (κ1) is 17.1. The van der Waals surface area contributed by atoms with Gasteiger partial charge in [-0.2, -0.15) is 5.10 Å². The van der Waals surface area contributed by atoms with Crippen molar-refractivity contribution in [3.05, 3.63) is 41.6 Å². The van der Waals surface area contributed by atoms with E-state index in [9.17, 15) is 13.2 Å². The maximum Gasteiger partial charge on any atom is 0.256 e. The minimum absolute atomic E-state index is 0.203. The molecule has 8 heteroatoms. The highest BCUT2D eigenvalue weighted by Gasteiger charge is 2.27. The van der Waals surface area contributed by atoms with Crippen LogP contribution >= 0.6 is 0 Å². The number of amides is 1. The van der Waals surface area contributed by atoms with Gasteiger partial charge in [0.05, 0.1) is 24.2 Å². The summed E-state index contributed by atoms with van der Waals surface area (Å²) >= 11 is 0. The van der Waals surface area contributed by atoms with Crippen LogP contribution in [0, 0.1) is 0 Å². The molecule has 4 rings (SSSR count). The van der Waals surface area contributed by atoms with E-state index in [2.05, 4.69) is 10.4 Å². The van der Waals surface area contributed by atoms with Crippen molar-refractivity contribution in [1.29, 1.82) is 0 Å². The fraction of sp³-hybridized carbons (Fsp3) is 0.444. The molecule has 2 heterocycles. The number of anilines is 2. The lowest BCUT2D eigenvalue weighted by atomic mass is 10.1. The molecule has 2 aliphatic rings. The number of sulfonamides is 1. The van der Waals surface area contributed by atoms with Crippen molar-refractivity contribution >= 4 is 27.4 Å². The molecule has 0 atom stereocenters. The Balaban J connectivity index is 1.54. The van der Waals surface area contributed by atoms with Crippen LogP contribution in [0.25, 0.3) is 0 Å². The topological polar surface area (TPSA) is 84.3 Å². The molecular formula is C18H22N4O3S. The summed E-state index contributed by atoms with van der Waals surface area (Å²) in [5.74, 6) is 0.505. The van der Waals surface area contributed by atoms with Gasteiger partial charge in [0.15, 0.2) is 0 Å². The van der Waals surface area contributed by atoms with E-state index in [4.69, 9.17) is 0 Å². The van der Waals surface area contributed by atoms with Crippen LogP contribution in [0.2, 0.25) is 0 Å². The smallest absolute Gasteiger partial charge is 0.256 e. The van der Waals surface area contributed by atoms with Gasteiger partial charge in [-0.3, -0.25) is 9.10 Å². The van der Waals surface area contributed by atoms with Gasteiger partial charge in [-0.1, -0.05) is 12.8 Å². The largest absolute Gasteiger partial charge is 0.307 e. The van der Waals surface area contributed by atoms with Crippen molar-refractivity contribution in [2.24, 2.45) is 0 Å². The average Bonchev–Trinajstić information content (AvgIpc) is 3.33. The molecule has 0 saturated heterocycles. The molecule has 0 spiro atoms. The Morgan fingerprint density at radius 2 is 2.00 bits per heavy atom. The Morgan fingerprint density at radius 3 is 2.73 bits per heavy atom. The zero-order valence-electron chi connectivity index (χ0n) is 14.7. The summed E-state index contributed by atoms with van der Waals surface area (Å²) in [6, 6.07) is 7.34. The number of nitrogens with one attached hydrogen (secondary N) is 1. The van der Waals surface area contributed by atoms with E-state index < -0.39 is 10.0 Å². The van der Waals surface area contributed by atoms with E-state index in [-0.39, 0.29) is 5.91 Å². The van der Waals surface area contributed by atoms with Crippen molar-refractivity contribution < 1.29 is 13.2 Å². The predicted octanol–water partition coefficient (Wildman–Crippen LogP) is 2.57. The Morgan fingerprint density at radius 1 is 1.23 bits per heavy atom. The Labute approximate surface area is 153 Å². The Bertz CT molecular complexity index is 945. The van der Waals surface area contributed by atoms with Crippen LogP contribution in [0.1, 0.15) is 47.6 Å². The molecule has 0 bridgehead atoms. The molecular weight excluding hydrogens is 352 g/mol. The molecule has 1 aliphatic heterocycles. The van der Waals surface area contributed by atoms with Crippen LogP contribution in [0.3, 0.4) is 0 Å². The minimum atomic E-state index is -3.28. The number of carbonyl (C=O) groups excluding carboxylic acids is 1. The molecule has 1 N–H and O–H groups in total. The van der Waals surface area contributed by atoms with Crippen LogP contribution in [-0.4, -0.2) is 36.9 Å². The second-order valence-corrected chi connectivity index (χ2v) is 8.89. The van der Waals surface area contributed by atoms with E-state index in [0.717, 1.165) is 18.4 Å². The third-order valence-electron chi connectivity index (χ3n) is 5.18. The summed E-state index contributed by atoms with van der Waals surface area (Å²) in [6.45, 7) is 0.424. The highest BCUT2D eigenvalue weighted by atomic mass is 32.2. The van der Waals surface area contributed by atoms with Crippen molar-refractivity contribution in [3.8, 4) is 0 Å². The van der Waals surface area contributed by atoms with Gasteiger partial charge in [0.2, 0.25) is 10.0 Å². The SMILES string of the molecule is CS(=O)(=O)N1CCc2cc(C(=O)Nc3ccnn3C3CCCC3)ccc21. The van der Waals surface area contributed by atoms with Gasteiger partial charge in [-0.25, -0.2) is 13.1 Å². The molecule has 0 unspecified atom stereocenters. The van der Waals surface area contributed by atoms with Crippen LogP contribution < -0.4 is 9.62 Å². The number of hydrogen-bond donors (Lipinski definition) is 1. The van der Waals surface area contributed by atoms with Crippen molar-refractivity contribution in [3.63, 3.8) is 0 Å². The second kappa shape index (κ2) is 6.42. The molecule has 1 aliphatic carbocycles. The number of rotatable bonds is 4. The van der Waals surface area contributed by atoms with E-state index in [1.807, 2.05) is 10.7 Å². The van der Waals surface area contributed by atoms with Crippen molar-refractivity contribution in [2.75, 3.05) is 22.4 Å². The lowest BCUT2D eigenvalue weighted by Gasteiger charge is -2.17. The normalized spacial score (nSPS) is 17.5. The van der Waals surface area contributed by atoms with Crippen LogP contribution in [0.4, 0.5) is 11.5 Å². The van der Waals surface area contributed by atoms with E-state index in [1.165, 1.54) is 23.4 Å². The van der Waals surface area contributed by atoms with E-state index in [0.29, 0.717) is 36.1 Å². The molecule has 138 valence electrons. The van der Waals surface area contributed by atoms with Gasteiger partial charge in [-0.15, -0.1) is 0 Å². The highest BCUT2D eigenvalue weighted by Crippen LogP contribution is 2.32. The number of fused-ring (bicyclic) bond motifs is 1. The van der Waals surface area contributed by atoms with Gasteiger partial charge in [-0.05, 0) is 43.0 Å². The second-order valence-electron chi connectivity index (χ2n) is 6.98. The Kier molecular flexibility index (Phi) is 4.22. The average molecular weight is 374 g/mol. The molecule has 0 radical (unpaired) electrons. The third-order valence-corrected chi connectivity index (χ3v) is 6.36. The summed E-state index contributed by atoms with van der Waals surface area (Å²) in [5.41, 5.74) is 2.07. The van der Waals surface area contributed by atoms with Crippen LogP contribution in [0.5, 0.6) is 0 Å². The highest BCUT2D eigenvalue weighted by molar-refractivity contribution is 7.92. The summed E-state index contributed by atoms with van der Waals surface area (Å²) in [7, 11) is -3.28. The van der Waals surface area contributed by atoms with Crippen LogP contribution in [-0.2, 0) is 16.4 Å². The van der Waals surface area contributed by atoms with Crippen molar-refractivity contribution in [1.82, 2.24) is 9.78 Å².